The van der Waals surface area contributed by atoms with Crippen molar-refractivity contribution in [2.75, 3.05) is 27.2 Å². The number of esters is 1. The lowest BCUT2D eigenvalue weighted by Crippen LogP contribution is -2.50. The van der Waals surface area contributed by atoms with Gasteiger partial charge >= 0.3 is 5.97 Å². The van der Waals surface area contributed by atoms with Gasteiger partial charge in [0.2, 0.25) is 11.8 Å². The highest BCUT2D eigenvalue weighted by Gasteiger charge is 2.22. The van der Waals surface area contributed by atoms with Crippen molar-refractivity contribution >= 4 is 29.8 Å². The van der Waals surface area contributed by atoms with Gasteiger partial charge in [0.15, 0.2) is 5.78 Å². The highest BCUT2D eigenvalue weighted by Crippen LogP contribution is 2.07. The lowest BCUT2D eigenvalue weighted by Gasteiger charge is -2.21. The van der Waals surface area contributed by atoms with Gasteiger partial charge in [-0.15, -0.1) is 0 Å². The maximum Gasteiger partial charge on any atom is 0.325 e. The summed E-state index contributed by atoms with van der Waals surface area (Å²) in [6.07, 6.45) is 4.68. The van der Waals surface area contributed by atoms with E-state index in [-0.39, 0.29) is 30.7 Å². The molecule has 0 saturated heterocycles. The summed E-state index contributed by atoms with van der Waals surface area (Å²) < 4.78 is 5.15. The first-order valence-electron chi connectivity index (χ1n) is 10.3. The Morgan fingerprint density at radius 2 is 1.70 bits per heavy atom. The number of likely N-dealkylation sites (N-methyl/N-ethyl adjacent to an activating group) is 1. The Balaban J connectivity index is 0. The van der Waals surface area contributed by atoms with E-state index < -0.39 is 17.6 Å². The fourth-order valence-corrected chi connectivity index (χ4v) is 2.16. The molecule has 30 heavy (non-hydrogen) atoms. The van der Waals surface area contributed by atoms with E-state index in [1.165, 1.54) is 0 Å². The Kier molecular flexibility index (Phi) is 16.5. The zero-order valence-electron chi connectivity index (χ0n) is 19.6. The molecule has 0 aromatic carbocycles. The van der Waals surface area contributed by atoms with Crippen LogP contribution in [0.4, 0.5) is 0 Å². The Morgan fingerprint density at radius 1 is 1.10 bits per heavy atom. The van der Waals surface area contributed by atoms with Crippen molar-refractivity contribution in [3.05, 3.63) is 0 Å². The van der Waals surface area contributed by atoms with E-state index in [0.29, 0.717) is 12.8 Å². The number of ketones is 1. The molecule has 0 spiro atoms. The Labute approximate surface area is 180 Å². The lowest BCUT2D eigenvalue weighted by atomic mass is 10.1. The first-order valence-corrected chi connectivity index (χ1v) is 10.3. The lowest BCUT2D eigenvalue weighted by molar-refractivity contribution is -0.154. The van der Waals surface area contributed by atoms with Crippen molar-refractivity contribution in [2.24, 2.45) is 0 Å². The number of hydrogen-bond acceptors (Lipinski definition) is 7. The van der Waals surface area contributed by atoms with Crippen molar-refractivity contribution < 1.29 is 23.9 Å². The third-order valence-corrected chi connectivity index (χ3v) is 3.54. The topological polar surface area (TPSA) is 129 Å². The maximum atomic E-state index is 12.3. The second-order valence-electron chi connectivity index (χ2n) is 8.12. The molecule has 9 nitrogen and oxygen atoms in total. The highest BCUT2D eigenvalue weighted by molar-refractivity contribution is 6.26. The minimum absolute atomic E-state index is 0.116. The standard InChI is InChI=1S/C17H33N3O4.C4H7NO/c1-7-8-9-10-13(19-14(21)12-20(5)6)16(23)18-11-15(22)24-17(2,3)4;1-2-4(6)3-5/h13H,7-12H2,1-6H3,(H,18,23)(H,19,21);3,5H,2H2,1H3. The molecule has 9 heteroatoms. The summed E-state index contributed by atoms with van der Waals surface area (Å²) in [4.78, 5) is 47.5. The van der Waals surface area contributed by atoms with E-state index in [0.717, 1.165) is 25.5 Å². The Bertz CT molecular complexity index is 556. The minimum atomic E-state index is -0.633. The summed E-state index contributed by atoms with van der Waals surface area (Å²) in [7, 11) is 3.57. The molecule has 0 aliphatic carbocycles. The SMILES string of the molecule is CCC(=O)C=N.CCCCCC(NC(=O)CN(C)C)C(=O)NCC(=O)OC(C)(C)C. The number of rotatable bonds is 12. The quantitative estimate of drug-likeness (QED) is 0.246. The molecule has 0 fully saturated rings. The summed E-state index contributed by atoms with van der Waals surface area (Å²) in [5.41, 5.74) is -0.595. The van der Waals surface area contributed by atoms with Crippen LogP contribution in [-0.4, -0.2) is 73.5 Å². The average Bonchev–Trinajstić information content (AvgIpc) is 2.63. The van der Waals surface area contributed by atoms with Crippen molar-refractivity contribution in [3.63, 3.8) is 0 Å². The molecule has 0 aromatic rings. The van der Waals surface area contributed by atoms with E-state index in [1.807, 2.05) is 0 Å². The van der Waals surface area contributed by atoms with Gasteiger partial charge in [0.1, 0.15) is 18.2 Å². The zero-order valence-corrected chi connectivity index (χ0v) is 19.6. The first-order chi connectivity index (χ1) is 13.9. The van der Waals surface area contributed by atoms with Gasteiger partial charge in [-0.3, -0.25) is 19.2 Å². The van der Waals surface area contributed by atoms with Crippen LogP contribution < -0.4 is 10.6 Å². The minimum Gasteiger partial charge on any atom is -0.459 e. The van der Waals surface area contributed by atoms with Gasteiger partial charge < -0.3 is 25.7 Å². The second-order valence-corrected chi connectivity index (χ2v) is 8.12. The molecule has 174 valence electrons. The number of nitrogens with zero attached hydrogens (tertiary/aromatic N) is 1. The fraction of sp³-hybridized carbons (Fsp3) is 0.762. The number of amides is 2. The molecule has 0 aliphatic heterocycles. The van der Waals surface area contributed by atoms with Crippen LogP contribution >= 0.6 is 0 Å². The van der Waals surface area contributed by atoms with Crippen molar-refractivity contribution in [3.8, 4) is 0 Å². The second kappa shape index (κ2) is 16.5. The number of ether oxygens (including phenoxy) is 1. The monoisotopic (exact) mass is 428 g/mol. The number of unbranched alkanes of at least 4 members (excludes halogenated alkanes) is 2. The third-order valence-electron chi connectivity index (χ3n) is 3.54. The number of carbonyl (C=O) groups is 4. The van der Waals surface area contributed by atoms with E-state index >= 15 is 0 Å². The van der Waals surface area contributed by atoms with Gasteiger partial charge in [0.25, 0.3) is 0 Å². The Hall–Kier alpha value is -2.29. The number of carbonyl (C=O) groups excluding carboxylic acids is 4. The highest BCUT2D eigenvalue weighted by atomic mass is 16.6. The van der Waals surface area contributed by atoms with Gasteiger partial charge in [-0.1, -0.05) is 33.1 Å². The predicted octanol–water partition coefficient (Wildman–Crippen LogP) is 1.69. The smallest absolute Gasteiger partial charge is 0.325 e. The average molecular weight is 429 g/mol. The molecule has 1 atom stereocenters. The summed E-state index contributed by atoms with van der Waals surface area (Å²) in [5, 5.41) is 11.6. The maximum absolute atomic E-state index is 12.3. The molecular formula is C21H40N4O5. The van der Waals surface area contributed by atoms with Crippen LogP contribution in [0.2, 0.25) is 0 Å². The molecule has 3 N–H and O–H groups in total. The normalized spacial score (nSPS) is 11.6. The molecule has 0 aromatic heterocycles. The van der Waals surface area contributed by atoms with Gasteiger partial charge in [0.05, 0.1) is 12.8 Å². The largest absolute Gasteiger partial charge is 0.459 e. The number of Topliss-reactive ketones (excluding diaryl/α,β-unsaturated/α-hetero) is 1. The molecule has 0 rings (SSSR count). The van der Waals surface area contributed by atoms with Crippen molar-refractivity contribution in [1.29, 1.82) is 5.41 Å². The molecule has 0 saturated carbocycles. The molecule has 2 amide bonds. The van der Waals surface area contributed by atoms with E-state index in [4.69, 9.17) is 10.1 Å². The van der Waals surface area contributed by atoms with Gasteiger partial charge in [-0.25, -0.2) is 0 Å². The van der Waals surface area contributed by atoms with Crippen LogP contribution in [0.25, 0.3) is 0 Å². The predicted molar refractivity (Wildman–Crippen MR) is 118 cm³/mol. The molecule has 0 bridgehead atoms. The van der Waals surface area contributed by atoms with Gasteiger partial charge in [0, 0.05) is 6.42 Å². The molecule has 0 heterocycles. The van der Waals surface area contributed by atoms with Crippen LogP contribution in [0.5, 0.6) is 0 Å². The van der Waals surface area contributed by atoms with Gasteiger partial charge in [-0.05, 0) is 41.3 Å². The summed E-state index contributed by atoms with van der Waals surface area (Å²) >= 11 is 0. The fourth-order valence-electron chi connectivity index (χ4n) is 2.16. The zero-order chi connectivity index (χ0) is 23.7. The molecular weight excluding hydrogens is 388 g/mol. The molecule has 0 radical (unpaired) electrons. The Morgan fingerprint density at radius 3 is 2.10 bits per heavy atom. The summed E-state index contributed by atoms with van der Waals surface area (Å²) in [5.74, 6) is -1.18. The molecule has 1 unspecified atom stereocenters. The number of hydrogen-bond donors (Lipinski definition) is 3. The van der Waals surface area contributed by atoms with Crippen LogP contribution in [0, 0.1) is 5.41 Å². The van der Waals surface area contributed by atoms with Crippen LogP contribution in [-0.2, 0) is 23.9 Å². The summed E-state index contributed by atoms with van der Waals surface area (Å²) in [6.45, 7) is 9.11. The van der Waals surface area contributed by atoms with Gasteiger partial charge in [-0.2, -0.15) is 0 Å². The number of nitrogens with one attached hydrogen (secondary N) is 3. The van der Waals surface area contributed by atoms with Crippen LogP contribution in [0.15, 0.2) is 0 Å². The van der Waals surface area contributed by atoms with E-state index in [1.54, 1.807) is 46.7 Å². The first kappa shape index (κ1) is 29.9. The summed E-state index contributed by atoms with van der Waals surface area (Å²) in [6, 6.07) is -0.633. The van der Waals surface area contributed by atoms with Crippen LogP contribution in [0.1, 0.15) is 66.7 Å². The van der Waals surface area contributed by atoms with Crippen molar-refractivity contribution in [2.45, 2.75) is 78.4 Å². The van der Waals surface area contributed by atoms with Crippen LogP contribution in [0.3, 0.4) is 0 Å². The van der Waals surface area contributed by atoms with Crippen molar-refractivity contribution in [1.82, 2.24) is 15.5 Å². The van der Waals surface area contributed by atoms with E-state index in [9.17, 15) is 19.2 Å². The molecule has 0 aliphatic rings. The third kappa shape index (κ3) is 19.0. The van der Waals surface area contributed by atoms with E-state index in [2.05, 4.69) is 17.6 Å².